The smallest absolute Gasteiger partial charge is 0.272 e. The van der Waals surface area contributed by atoms with Crippen LogP contribution in [0.5, 0.6) is 0 Å². The fourth-order valence-electron chi connectivity index (χ4n) is 2.50. The average molecular weight is 336 g/mol. The first-order valence-corrected chi connectivity index (χ1v) is 7.67. The molecule has 0 saturated carbocycles. The maximum atomic E-state index is 12.3. The minimum Gasteiger partial charge on any atom is -0.326 e. The normalized spacial score (nSPS) is 10.4. The van der Waals surface area contributed by atoms with E-state index in [2.05, 4.69) is 20.8 Å². The van der Waals surface area contributed by atoms with Crippen LogP contribution in [0.1, 0.15) is 12.6 Å². The second-order valence-electron chi connectivity index (χ2n) is 5.53. The first-order valence-electron chi connectivity index (χ1n) is 7.67. The van der Waals surface area contributed by atoms with Crippen molar-refractivity contribution in [2.24, 2.45) is 0 Å². The quantitative estimate of drug-likeness (QED) is 0.678. The van der Waals surface area contributed by atoms with Crippen molar-refractivity contribution in [1.82, 2.24) is 10.2 Å². The van der Waals surface area contributed by atoms with Gasteiger partial charge in [0, 0.05) is 23.7 Å². The van der Waals surface area contributed by atoms with Gasteiger partial charge in [-0.25, -0.2) is 5.10 Å². The van der Waals surface area contributed by atoms with Crippen LogP contribution in [0.15, 0.2) is 53.3 Å². The third-order valence-electron chi connectivity index (χ3n) is 3.59. The molecule has 0 aliphatic rings. The zero-order valence-electron chi connectivity index (χ0n) is 13.5. The molecule has 126 valence electrons. The number of nitrogens with one attached hydrogen (secondary N) is 3. The Labute approximate surface area is 143 Å². The van der Waals surface area contributed by atoms with Crippen molar-refractivity contribution < 1.29 is 9.59 Å². The van der Waals surface area contributed by atoms with Gasteiger partial charge in [0.1, 0.15) is 0 Å². The lowest BCUT2D eigenvalue weighted by molar-refractivity contribution is -0.116. The van der Waals surface area contributed by atoms with E-state index in [0.29, 0.717) is 27.8 Å². The molecule has 2 amide bonds. The number of nitrogens with zero attached hydrogens (tertiary/aromatic N) is 1. The highest BCUT2D eigenvalue weighted by Gasteiger charge is 2.11. The molecular formula is C18H16N4O3. The number of amides is 2. The van der Waals surface area contributed by atoms with Crippen LogP contribution in [0.2, 0.25) is 0 Å². The van der Waals surface area contributed by atoms with Gasteiger partial charge in [-0.05, 0) is 30.3 Å². The zero-order chi connectivity index (χ0) is 17.8. The molecule has 0 spiro atoms. The number of aromatic amines is 1. The van der Waals surface area contributed by atoms with E-state index < -0.39 is 0 Å². The second kappa shape index (κ2) is 6.96. The summed E-state index contributed by atoms with van der Waals surface area (Å²) in [6, 6.07) is 13.8. The van der Waals surface area contributed by atoms with Gasteiger partial charge >= 0.3 is 0 Å². The summed E-state index contributed by atoms with van der Waals surface area (Å²) in [5, 5.41) is 13.0. The Bertz CT molecular complexity index is 993. The predicted octanol–water partition coefficient (Wildman–Crippen LogP) is 2.06. The van der Waals surface area contributed by atoms with Gasteiger partial charge in [0.15, 0.2) is 0 Å². The molecule has 0 atom stereocenters. The summed E-state index contributed by atoms with van der Waals surface area (Å²) in [7, 11) is 0. The number of H-pyrrole nitrogens is 1. The lowest BCUT2D eigenvalue weighted by Gasteiger charge is -2.08. The van der Waals surface area contributed by atoms with Crippen LogP contribution in [0.3, 0.4) is 0 Å². The Hall–Kier alpha value is -3.48. The van der Waals surface area contributed by atoms with Gasteiger partial charge in [-0.3, -0.25) is 14.4 Å². The van der Waals surface area contributed by atoms with Crippen LogP contribution in [0, 0.1) is 0 Å². The first-order chi connectivity index (χ1) is 12.0. The van der Waals surface area contributed by atoms with Gasteiger partial charge in [-0.1, -0.05) is 18.2 Å². The summed E-state index contributed by atoms with van der Waals surface area (Å²) in [6.45, 7) is 1.43. The summed E-state index contributed by atoms with van der Waals surface area (Å²) in [5.74, 6) is -0.412. The van der Waals surface area contributed by atoms with Gasteiger partial charge in [-0.2, -0.15) is 5.10 Å². The molecule has 0 bridgehead atoms. The van der Waals surface area contributed by atoms with E-state index in [4.69, 9.17) is 0 Å². The predicted molar refractivity (Wildman–Crippen MR) is 95.4 cm³/mol. The second-order valence-corrected chi connectivity index (χ2v) is 5.53. The Balaban J connectivity index is 1.74. The van der Waals surface area contributed by atoms with Crippen molar-refractivity contribution in [2.45, 2.75) is 13.3 Å². The number of benzene rings is 2. The third kappa shape index (κ3) is 3.89. The number of hydrogen-bond acceptors (Lipinski definition) is 4. The standard InChI is InChI=1S/C18H16N4O3/c1-11(23)19-12-6-8-13(9-7-12)20-17(24)10-16-14-4-2-3-5-15(14)18(25)22-21-16/h2-9H,10H2,1H3,(H,19,23)(H,20,24)(H,22,25). The third-order valence-corrected chi connectivity index (χ3v) is 3.59. The van der Waals surface area contributed by atoms with Crippen LogP contribution in [-0.2, 0) is 16.0 Å². The molecular weight excluding hydrogens is 320 g/mol. The number of carbonyl (C=O) groups excluding carboxylic acids is 2. The van der Waals surface area contributed by atoms with Crippen molar-refractivity contribution >= 4 is 34.0 Å². The van der Waals surface area contributed by atoms with Crippen LogP contribution >= 0.6 is 0 Å². The number of aromatic nitrogens is 2. The average Bonchev–Trinajstić information content (AvgIpc) is 2.59. The molecule has 3 rings (SSSR count). The molecule has 25 heavy (non-hydrogen) atoms. The molecule has 0 radical (unpaired) electrons. The molecule has 1 aromatic heterocycles. The molecule has 3 aromatic rings. The van der Waals surface area contributed by atoms with Gasteiger partial charge in [0.25, 0.3) is 5.56 Å². The van der Waals surface area contributed by atoms with E-state index in [0.717, 1.165) is 0 Å². The fourth-order valence-corrected chi connectivity index (χ4v) is 2.50. The Kier molecular flexibility index (Phi) is 4.56. The summed E-state index contributed by atoms with van der Waals surface area (Å²) < 4.78 is 0. The molecule has 0 saturated heterocycles. The van der Waals surface area contributed by atoms with Crippen molar-refractivity contribution in [3.8, 4) is 0 Å². The van der Waals surface area contributed by atoms with Gasteiger partial charge in [-0.15, -0.1) is 0 Å². The zero-order valence-corrected chi connectivity index (χ0v) is 13.5. The van der Waals surface area contributed by atoms with Crippen molar-refractivity contribution in [1.29, 1.82) is 0 Å². The molecule has 0 aliphatic carbocycles. The van der Waals surface area contributed by atoms with E-state index in [9.17, 15) is 14.4 Å². The van der Waals surface area contributed by atoms with Crippen molar-refractivity contribution in [3.05, 3.63) is 64.6 Å². The number of anilines is 2. The number of fused-ring (bicyclic) bond motifs is 1. The highest BCUT2D eigenvalue weighted by atomic mass is 16.2. The van der Waals surface area contributed by atoms with Crippen LogP contribution in [0.25, 0.3) is 10.8 Å². The monoisotopic (exact) mass is 336 g/mol. The number of carbonyl (C=O) groups is 2. The molecule has 0 unspecified atom stereocenters. The highest BCUT2D eigenvalue weighted by molar-refractivity contribution is 5.95. The highest BCUT2D eigenvalue weighted by Crippen LogP contribution is 2.16. The van der Waals surface area contributed by atoms with Gasteiger partial charge in [0.2, 0.25) is 11.8 Å². The molecule has 0 aliphatic heterocycles. The SMILES string of the molecule is CC(=O)Nc1ccc(NC(=O)Cc2n[nH]c(=O)c3ccccc23)cc1. The lowest BCUT2D eigenvalue weighted by Crippen LogP contribution is -2.18. The summed E-state index contributed by atoms with van der Waals surface area (Å²) in [5.41, 5.74) is 1.47. The Morgan fingerprint density at radius 3 is 2.20 bits per heavy atom. The number of hydrogen-bond donors (Lipinski definition) is 3. The Morgan fingerprint density at radius 1 is 0.960 bits per heavy atom. The van der Waals surface area contributed by atoms with E-state index in [1.807, 2.05) is 0 Å². The topological polar surface area (TPSA) is 104 Å². The maximum Gasteiger partial charge on any atom is 0.272 e. The van der Waals surface area contributed by atoms with Crippen LogP contribution in [-0.4, -0.2) is 22.0 Å². The summed E-state index contributed by atoms with van der Waals surface area (Å²) in [6.07, 6.45) is 0.0325. The molecule has 3 N–H and O–H groups in total. The minimum absolute atomic E-state index is 0.0325. The number of rotatable bonds is 4. The maximum absolute atomic E-state index is 12.3. The van der Waals surface area contributed by atoms with Crippen LogP contribution < -0.4 is 16.2 Å². The van der Waals surface area contributed by atoms with Crippen LogP contribution in [0.4, 0.5) is 11.4 Å². The summed E-state index contributed by atoms with van der Waals surface area (Å²) >= 11 is 0. The molecule has 0 fully saturated rings. The van der Waals surface area contributed by atoms with Gasteiger partial charge < -0.3 is 10.6 Å². The molecule has 1 heterocycles. The molecule has 7 heteroatoms. The van der Waals surface area contributed by atoms with Gasteiger partial charge in [0.05, 0.1) is 17.5 Å². The van der Waals surface area contributed by atoms with E-state index in [1.165, 1.54) is 6.92 Å². The lowest BCUT2D eigenvalue weighted by atomic mass is 10.1. The largest absolute Gasteiger partial charge is 0.326 e. The van der Waals surface area contributed by atoms with E-state index in [-0.39, 0.29) is 23.8 Å². The first kappa shape index (κ1) is 16.4. The van der Waals surface area contributed by atoms with Crippen molar-refractivity contribution in [2.75, 3.05) is 10.6 Å². The minimum atomic E-state index is -0.284. The fraction of sp³-hybridized carbons (Fsp3) is 0.111. The molecule has 7 nitrogen and oxygen atoms in total. The Morgan fingerprint density at radius 2 is 1.56 bits per heavy atom. The van der Waals surface area contributed by atoms with E-state index in [1.54, 1.807) is 48.5 Å². The van der Waals surface area contributed by atoms with E-state index >= 15 is 0 Å². The van der Waals surface area contributed by atoms with Crippen molar-refractivity contribution in [3.63, 3.8) is 0 Å². The summed E-state index contributed by atoms with van der Waals surface area (Å²) in [4.78, 5) is 35.0. The molecule has 2 aromatic carbocycles.